The first kappa shape index (κ1) is 18.6. The fourth-order valence-electron chi connectivity index (χ4n) is 2.05. The number of hydrogen-bond acceptors (Lipinski definition) is 4. The molecule has 0 aliphatic rings. The summed E-state index contributed by atoms with van der Waals surface area (Å²) < 4.78 is 26.1. The smallest absolute Gasteiger partial charge is 0.246 e. The Morgan fingerprint density at radius 3 is 2.14 bits per heavy atom. The standard InChI is InChI=1S/C15H24N2O4S/c1-5-17(6-2)22(19,20)14-10-7-13(8-11-14)9-12-15(18)16(3)21-4/h7-8,10-11H,5-6,9,12H2,1-4H3. The predicted molar refractivity (Wildman–Crippen MR) is 84.6 cm³/mol. The van der Waals surface area contributed by atoms with E-state index in [-0.39, 0.29) is 10.8 Å². The minimum atomic E-state index is -3.43. The van der Waals surface area contributed by atoms with E-state index in [1.165, 1.54) is 16.5 Å². The molecule has 0 heterocycles. The van der Waals surface area contributed by atoms with Gasteiger partial charge in [-0.3, -0.25) is 9.63 Å². The number of carbonyl (C=O) groups is 1. The Balaban J connectivity index is 2.77. The summed E-state index contributed by atoms with van der Waals surface area (Å²) in [6, 6.07) is 6.67. The van der Waals surface area contributed by atoms with Crippen LogP contribution in [0, 0.1) is 0 Å². The predicted octanol–water partition coefficient (Wildman–Crippen LogP) is 1.67. The van der Waals surface area contributed by atoms with Crippen LogP contribution in [0.5, 0.6) is 0 Å². The van der Waals surface area contributed by atoms with E-state index >= 15 is 0 Å². The zero-order chi connectivity index (χ0) is 16.8. The summed E-state index contributed by atoms with van der Waals surface area (Å²) in [6.07, 6.45) is 0.852. The molecule has 0 aliphatic heterocycles. The van der Waals surface area contributed by atoms with Gasteiger partial charge in [-0.05, 0) is 24.1 Å². The highest BCUT2D eigenvalue weighted by Gasteiger charge is 2.21. The van der Waals surface area contributed by atoms with E-state index in [9.17, 15) is 13.2 Å². The van der Waals surface area contributed by atoms with Crippen molar-refractivity contribution in [3.05, 3.63) is 29.8 Å². The molecule has 0 N–H and O–H groups in total. The van der Waals surface area contributed by atoms with Crippen LogP contribution in [0.15, 0.2) is 29.2 Å². The van der Waals surface area contributed by atoms with Crippen LogP contribution in [0.1, 0.15) is 25.8 Å². The Bertz CT molecular complexity index is 580. The first-order valence-electron chi connectivity index (χ1n) is 7.26. The third kappa shape index (κ3) is 4.53. The van der Waals surface area contributed by atoms with Crippen LogP contribution in [0.25, 0.3) is 0 Å². The van der Waals surface area contributed by atoms with Crippen molar-refractivity contribution in [2.24, 2.45) is 0 Å². The molecule has 1 rings (SSSR count). The van der Waals surface area contributed by atoms with E-state index in [0.717, 1.165) is 5.56 Å². The summed E-state index contributed by atoms with van der Waals surface area (Å²) >= 11 is 0. The number of nitrogens with zero attached hydrogens (tertiary/aromatic N) is 2. The van der Waals surface area contributed by atoms with Crippen LogP contribution >= 0.6 is 0 Å². The summed E-state index contributed by atoms with van der Waals surface area (Å²) in [5.74, 6) is -0.123. The van der Waals surface area contributed by atoms with Crippen molar-refractivity contribution in [3.63, 3.8) is 0 Å². The molecule has 0 unspecified atom stereocenters. The van der Waals surface area contributed by atoms with Gasteiger partial charge in [0.2, 0.25) is 15.9 Å². The van der Waals surface area contributed by atoms with E-state index < -0.39 is 10.0 Å². The molecule has 0 saturated carbocycles. The number of benzene rings is 1. The normalized spacial score (nSPS) is 11.7. The number of hydroxylamine groups is 2. The second-order valence-corrected chi connectivity index (χ2v) is 6.74. The number of aryl methyl sites for hydroxylation is 1. The van der Waals surface area contributed by atoms with Gasteiger partial charge < -0.3 is 0 Å². The average Bonchev–Trinajstić information content (AvgIpc) is 2.53. The number of sulfonamides is 1. The fourth-order valence-corrected chi connectivity index (χ4v) is 3.51. The molecule has 1 aromatic carbocycles. The molecule has 124 valence electrons. The van der Waals surface area contributed by atoms with Gasteiger partial charge in [0.25, 0.3) is 0 Å². The Labute approximate surface area is 132 Å². The average molecular weight is 328 g/mol. The summed E-state index contributed by atoms with van der Waals surface area (Å²) in [5, 5.41) is 1.18. The van der Waals surface area contributed by atoms with Gasteiger partial charge in [0.15, 0.2) is 0 Å². The molecule has 0 saturated heterocycles. The van der Waals surface area contributed by atoms with Crippen LogP contribution in [0.2, 0.25) is 0 Å². The molecule has 0 aromatic heterocycles. The Hall–Kier alpha value is -1.44. The number of rotatable bonds is 8. The Kier molecular flexibility index (Phi) is 6.99. The van der Waals surface area contributed by atoms with Gasteiger partial charge in [-0.2, -0.15) is 4.31 Å². The molecule has 7 heteroatoms. The van der Waals surface area contributed by atoms with Crippen molar-refractivity contribution in [3.8, 4) is 0 Å². The monoisotopic (exact) mass is 328 g/mol. The summed E-state index contributed by atoms with van der Waals surface area (Å²) in [7, 11) is -0.436. The molecular weight excluding hydrogens is 304 g/mol. The molecule has 1 amide bonds. The Morgan fingerprint density at radius 2 is 1.68 bits per heavy atom. The largest absolute Gasteiger partial charge is 0.275 e. The maximum atomic E-state index is 12.3. The lowest BCUT2D eigenvalue weighted by Crippen LogP contribution is -2.30. The van der Waals surface area contributed by atoms with Crippen molar-refractivity contribution in [1.29, 1.82) is 0 Å². The maximum Gasteiger partial charge on any atom is 0.246 e. The molecule has 0 atom stereocenters. The molecule has 1 aromatic rings. The highest BCUT2D eigenvalue weighted by molar-refractivity contribution is 7.89. The molecule has 22 heavy (non-hydrogen) atoms. The summed E-state index contributed by atoms with van der Waals surface area (Å²) in [5.41, 5.74) is 0.913. The number of carbonyl (C=O) groups excluding carboxylic acids is 1. The zero-order valence-corrected chi connectivity index (χ0v) is 14.4. The number of hydrogen-bond donors (Lipinski definition) is 0. The van der Waals surface area contributed by atoms with Crippen LogP contribution in [-0.4, -0.2) is 50.9 Å². The minimum Gasteiger partial charge on any atom is -0.275 e. The lowest BCUT2D eigenvalue weighted by Gasteiger charge is -2.18. The van der Waals surface area contributed by atoms with Gasteiger partial charge >= 0.3 is 0 Å². The van der Waals surface area contributed by atoms with Crippen LogP contribution in [0.4, 0.5) is 0 Å². The van der Waals surface area contributed by atoms with Crippen molar-refractivity contribution in [2.45, 2.75) is 31.6 Å². The third-order valence-electron chi connectivity index (χ3n) is 3.52. The van der Waals surface area contributed by atoms with Crippen LogP contribution < -0.4 is 0 Å². The van der Waals surface area contributed by atoms with Crippen molar-refractivity contribution in [1.82, 2.24) is 9.37 Å². The molecule has 0 aliphatic carbocycles. The van der Waals surface area contributed by atoms with Gasteiger partial charge in [-0.15, -0.1) is 0 Å². The highest BCUT2D eigenvalue weighted by atomic mass is 32.2. The van der Waals surface area contributed by atoms with E-state index in [1.807, 2.05) is 13.8 Å². The van der Waals surface area contributed by atoms with Gasteiger partial charge in [-0.1, -0.05) is 26.0 Å². The van der Waals surface area contributed by atoms with Crippen LogP contribution in [-0.2, 0) is 26.1 Å². The van der Waals surface area contributed by atoms with Gasteiger partial charge in [0.1, 0.15) is 0 Å². The molecule has 0 spiro atoms. The highest BCUT2D eigenvalue weighted by Crippen LogP contribution is 2.17. The lowest BCUT2D eigenvalue weighted by molar-refractivity contribution is -0.168. The maximum absolute atomic E-state index is 12.3. The van der Waals surface area contributed by atoms with Gasteiger partial charge in [-0.25, -0.2) is 13.5 Å². The van der Waals surface area contributed by atoms with E-state index in [1.54, 1.807) is 31.3 Å². The van der Waals surface area contributed by atoms with E-state index in [2.05, 4.69) is 0 Å². The van der Waals surface area contributed by atoms with Gasteiger partial charge in [0.05, 0.1) is 12.0 Å². The molecule has 0 fully saturated rings. The van der Waals surface area contributed by atoms with E-state index in [4.69, 9.17) is 4.84 Å². The SMILES string of the molecule is CCN(CC)S(=O)(=O)c1ccc(CCC(=O)N(C)OC)cc1. The van der Waals surface area contributed by atoms with Crippen molar-refractivity contribution in [2.75, 3.05) is 27.2 Å². The van der Waals surface area contributed by atoms with Gasteiger partial charge in [0, 0.05) is 26.6 Å². The third-order valence-corrected chi connectivity index (χ3v) is 5.58. The molecule has 6 nitrogen and oxygen atoms in total. The van der Waals surface area contributed by atoms with E-state index in [0.29, 0.717) is 25.9 Å². The zero-order valence-electron chi connectivity index (χ0n) is 13.6. The summed E-state index contributed by atoms with van der Waals surface area (Å²) in [4.78, 5) is 16.7. The molecule has 0 bridgehead atoms. The number of amides is 1. The first-order valence-corrected chi connectivity index (χ1v) is 8.70. The fraction of sp³-hybridized carbons (Fsp3) is 0.533. The minimum absolute atomic E-state index is 0.123. The quantitative estimate of drug-likeness (QED) is 0.681. The van der Waals surface area contributed by atoms with Crippen molar-refractivity contribution < 1.29 is 18.0 Å². The molecule has 0 radical (unpaired) electrons. The second kappa shape index (κ2) is 8.26. The lowest BCUT2D eigenvalue weighted by atomic mass is 10.1. The first-order chi connectivity index (χ1) is 10.4. The summed E-state index contributed by atoms with van der Waals surface area (Å²) in [6.45, 7) is 4.51. The second-order valence-electron chi connectivity index (χ2n) is 4.81. The molecular formula is C15H24N2O4S. The van der Waals surface area contributed by atoms with Crippen LogP contribution in [0.3, 0.4) is 0 Å². The van der Waals surface area contributed by atoms with Crippen molar-refractivity contribution >= 4 is 15.9 Å². The topological polar surface area (TPSA) is 66.9 Å². The Morgan fingerprint density at radius 1 is 1.14 bits per heavy atom.